The normalized spacial score (nSPS) is 11.4. The van der Waals surface area contributed by atoms with E-state index in [4.69, 9.17) is 5.10 Å². The summed E-state index contributed by atoms with van der Waals surface area (Å²) in [6.45, 7) is 4.51. The monoisotopic (exact) mass is 445 g/mol. The fourth-order valence-corrected chi connectivity index (χ4v) is 4.00. The Labute approximate surface area is 180 Å². The highest BCUT2D eigenvalue weighted by Gasteiger charge is 2.31. The van der Waals surface area contributed by atoms with Crippen LogP contribution in [-0.4, -0.2) is 16.8 Å². The van der Waals surface area contributed by atoms with Crippen LogP contribution in [-0.2, 0) is 5.41 Å². The predicted octanol–water partition coefficient (Wildman–Crippen LogP) is 6.67. The van der Waals surface area contributed by atoms with Crippen LogP contribution in [0.4, 0.5) is 5.69 Å². The van der Waals surface area contributed by atoms with E-state index in [1.54, 1.807) is 0 Å². The second-order valence-electron chi connectivity index (χ2n) is 7.59. The van der Waals surface area contributed by atoms with Crippen LogP contribution >= 0.6 is 15.9 Å². The van der Waals surface area contributed by atoms with Gasteiger partial charge < -0.3 is 5.32 Å². The van der Waals surface area contributed by atoms with Crippen molar-refractivity contribution >= 4 is 21.6 Å². The van der Waals surface area contributed by atoms with Crippen LogP contribution in [0.15, 0.2) is 89.4 Å². The summed E-state index contributed by atoms with van der Waals surface area (Å²) in [7, 11) is 1.97. The molecular weight excluding hydrogens is 422 g/mol. The number of aromatic nitrogens is 2. The highest BCUT2D eigenvalue weighted by molar-refractivity contribution is 9.10. The Morgan fingerprint density at radius 3 is 2.21 bits per heavy atom. The first-order valence-electron chi connectivity index (χ1n) is 9.70. The van der Waals surface area contributed by atoms with Crippen molar-refractivity contribution in [3.05, 3.63) is 101 Å². The summed E-state index contributed by atoms with van der Waals surface area (Å²) in [5.74, 6) is 0. The third-order valence-corrected chi connectivity index (χ3v) is 5.89. The van der Waals surface area contributed by atoms with Crippen LogP contribution < -0.4 is 5.32 Å². The van der Waals surface area contributed by atoms with Crippen molar-refractivity contribution in [3.63, 3.8) is 0 Å². The molecular formula is C25H24BrN3. The summed E-state index contributed by atoms with van der Waals surface area (Å²) in [5, 5.41) is 8.35. The van der Waals surface area contributed by atoms with Gasteiger partial charge in [0.25, 0.3) is 0 Å². The van der Waals surface area contributed by atoms with E-state index in [2.05, 4.69) is 119 Å². The number of hydrogen-bond acceptors (Lipinski definition) is 2. The first kappa shape index (κ1) is 19.5. The van der Waals surface area contributed by atoms with Gasteiger partial charge in [-0.05, 0) is 42.0 Å². The van der Waals surface area contributed by atoms with Crippen LogP contribution in [0.3, 0.4) is 0 Å². The number of hydrogen-bond donors (Lipinski definition) is 1. The van der Waals surface area contributed by atoms with Crippen molar-refractivity contribution in [3.8, 4) is 16.9 Å². The molecule has 0 unspecified atom stereocenters. The molecule has 4 heteroatoms. The predicted molar refractivity (Wildman–Crippen MR) is 125 cm³/mol. The average Bonchev–Trinajstić information content (AvgIpc) is 3.21. The molecule has 0 radical (unpaired) electrons. The lowest BCUT2D eigenvalue weighted by Gasteiger charge is -2.28. The van der Waals surface area contributed by atoms with E-state index in [1.165, 1.54) is 5.56 Å². The van der Waals surface area contributed by atoms with Gasteiger partial charge in [-0.3, -0.25) is 0 Å². The minimum Gasteiger partial charge on any atom is -0.388 e. The molecule has 4 aromatic rings. The third kappa shape index (κ3) is 3.73. The fraction of sp³-hybridized carbons (Fsp3) is 0.160. The Balaban J connectivity index is 1.92. The second kappa shape index (κ2) is 7.88. The molecule has 3 nitrogen and oxygen atoms in total. The molecule has 0 aliphatic heterocycles. The summed E-state index contributed by atoms with van der Waals surface area (Å²) < 4.78 is 3.14. The first-order chi connectivity index (χ1) is 14.0. The molecule has 1 N–H and O–H groups in total. The van der Waals surface area contributed by atoms with Gasteiger partial charge in [0.1, 0.15) is 0 Å². The van der Waals surface area contributed by atoms with Gasteiger partial charge in [-0.25, -0.2) is 4.68 Å². The Kier molecular flexibility index (Phi) is 5.29. The molecule has 0 bridgehead atoms. The molecule has 0 spiro atoms. The van der Waals surface area contributed by atoms with Gasteiger partial charge in [0, 0.05) is 28.2 Å². The van der Waals surface area contributed by atoms with E-state index in [-0.39, 0.29) is 5.41 Å². The topological polar surface area (TPSA) is 29.9 Å². The molecule has 3 aromatic carbocycles. The first-order valence-corrected chi connectivity index (χ1v) is 10.5. The lowest BCUT2D eigenvalue weighted by molar-refractivity contribution is 0.587. The highest BCUT2D eigenvalue weighted by atomic mass is 79.9. The number of anilines is 1. The zero-order chi connectivity index (χ0) is 20.4. The minimum absolute atomic E-state index is 0.254. The zero-order valence-corrected chi connectivity index (χ0v) is 18.4. The van der Waals surface area contributed by atoms with Gasteiger partial charge in [0.05, 0.1) is 17.1 Å². The van der Waals surface area contributed by atoms with Gasteiger partial charge in [0.2, 0.25) is 0 Å². The van der Waals surface area contributed by atoms with E-state index >= 15 is 0 Å². The lowest BCUT2D eigenvalue weighted by atomic mass is 9.80. The molecule has 1 heterocycles. The molecule has 0 atom stereocenters. The summed E-state index contributed by atoms with van der Waals surface area (Å²) in [6.07, 6.45) is 0. The maximum atomic E-state index is 5.01. The number of nitrogens with one attached hydrogen (secondary N) is 1. The SMILES string of the molecule is CNc1ccccc1C(C)(C)c1cc(-c2ccc(Br)cc2)nn1-c1ccccc1. The Morgan fingerprint density at radius 1 is 0.862 bits per heavy atom. The van der Waals surface area contributed by atoms with Gasteiger partial charge in [-0.15, -0.1) is 0 Å². The van der Waals surface area contributed by atoms with Crippen LogP contribution in [0.1, 0.15) is 25.1 Å². The Bertz CT molecular complexity index is 1110. The maximum absolute atomic E-state index is 5.01. The number of rotatable bonds is 5. The smallest absolute Gasteiger partial charge is 0.0930 e. The number of nitrogens with zero attached hydrogens (tertiary/aromatic N) is 2. The average molecular weight is 446 g/mol. The second-order valence-corrected chi connectivity index (χ2v) is 8.51. The molecule has 0 fully saturated rings. The molecule has 146 valence electrons. The van der Waals surface area contributed by atoms with Crippen molar-refractivity contribution in [1.29, 1.82) is 0 Å². The van der Waals surface area contributed by atoms with Crippen molar-refractivity contribution in [2.24, 2.45) is 0 Å². The standard InChI is InChI=1S/C25H24BrN3/c1-25(2,21-11-7-8-12-22(21)27-3)24-17-23(18-13-15-19(26)16-14-18)28-29(24)20-9-5-4-6-10-20/h4-17,27H,1-3H3. The minimum atomic E-state index is -0.254. The molecule has 1 aromatic heterocycles. The zero-order valence-electron chi connectivity index (χ0n) is 16.9. The van der Waals surface area contributed by atoms with Crippen molar-refractivity contribution in [2.45, 2.75) is 19.3 Å². The Hall–Kier alpha value is -2.85. The molecule has 0 aliphatic rings. The number of halogens is 1. The molecule has 4 rings (SSSR count). The van der Waals surface area contributed by atoms with E-state index in [9.17, 15) is 0 Å². The van der Waals surface area contributed by atoms with Gasteiger partial charge >= 0.3 is 0 Å². The van der Waals surface area contributed by atoms with Gasteiger partial charge in [-0.1, -0.05) is 78.3 Å². The van der Waals surface area contributed by atoms with E-state index in [1.807, 2.05) is 13.1 Å². The van der Waals surface area contributed by atoms with Gasteiger partial charge in [-0.2, -0.15) is 5.10 Å². The molecule has 0 aliphatic carbocycles. The molecule has 0 amide bonds. The fourth-order valence-electron chi connectivity index (χ4n) is 3.74. The largest absolute Gasteiger partial charge is 0.388 e. The van der Waals surface area contributed by atoms with Crippen LogP contribution in [0.5, 0.6) is 0 Å². The molecule has 0 saturated carbocycles. The summed E-state index contributed by atoms with van der Waals surface area (Å²) in [6, 6.07) is 29.3. The third-order valence-electron chi connectivity index (χ3n) is 5.36. The van der Waals surface area contributed by atoms with Gasteiger partial charge in [0.15, 0.2) is 0 Å². The maximum Gasteiger partial charge on any atom is 0.0930 e. The van der Waals surface area contributed by atoms with E-state index in [0.29, 0.717) is 0 Å². The summed E-state index contributed by atoms with van der Waals surface area (Å²) in [5.41, 5.74) is 6.37. The van der Waals surface area contributed by atoms with Crippen LogP contribution in [0, 0.1) is 0 Å². The number of para-hydroxylation sites is 2. The van der Waals surface area contributed by atoms with Crippen molar-refractivity contribution in [1.82, 2.24) is 9.78 Å². The Morgan fingerprint density at radius 2 is 1.52 bits per heavy atom. The van der Waals surface area contributed by atoms with Crippen molar-refractivity contribution < 1.29 is 0 Å². The molecule has 0 saturated heterocycles. The molecule has 29 heavy (non-hydrogen) atoms. The van der Waals surface area contributed by atoms with Crippen molar-refractivity contribution in [2.75, 3.05) is 12.4 Å². The van der Waals surface area contributed by atoms with Crippen LogP contribution in [0.2, 0.25) is 0 Å². The summed E-state index contributed by atoms with van der Waals surface area (Å²) in [4.78, 5) is 0. The highest BCUT2D eigenvalue weighted by Crippen LogP contribution is 2.38. The summed E-state index contributed by atoms with van der Waals surface area (Å²) >= 11 is 3.52. The number of benzene rings is 3. The quantitative estimate of drug-likeness (QED) is 0.371. The lowest BCUT2D eigenvalue weighted by Crippen LogP contribution is -2.24. The van der Waals surface area contributed by atoms with E-state index in [0.717, 1.165) is 32.8 Å². The van der Waals surface area contributed by atoms with E-state index < -0.39 is 0 Å². The van der Waals surface area contributed by atoms with Crippen LogP contribution in [0.25, 0.3) is 16.9 Å².